The first-order valence-corrected chi connectivity index (χ1v) is 9.13. The van der Waals surface area contributed by atoms with E-state index in [9.17, 15) is 4.79 Å². The molecule has 1 aromatic heterocycles. The molecule has 0 fully saturated rings. The average Bonchev–Trinajstić information content (AvgIpc) is 3.16. The van der Waals surface area contributed by atoms with Crippen molar-refractivity contribution in [1.29, 1.82) is 0 Å². The molecule has 0 bridgehead atoms. The Labute approximate surface area is 177 Å². The molecular weight excluding hydrogens is 455 g/mol. The molecular formula is C19H27IN6O. The lowest BCUT2D eigenvalue weighted by atomic mass is 9.91. The number of carbonyl (C=O) groups is 1. The maximum Gasteiger partial charge on any atom is 0.225 e. The summed E-state index contributed by atoms with van der Waals surface area (Å²) in [5, 5.41) is 9.56. The van der Waals surface area contributed by atoms with Crippen LogP contribution in [-0.4, -0.2) is 41.1 Å². The lowest BCUT2D eigenvalue weighted by Crippen LogP contribution is -2.38. The number of aliphatic imine (C=N–C) groups is 1. The van der Waals surface area contributed by atoms with Crippen LogP contribution in [0.15, 0.2) is 48.0 Å². The number of anilines is 1. The molecule has 0 radical (unpaired) electrons. The van der Waals surface area contributed by atoms with Crippen molar-refractivity contribution >= 4 is 41.5 Å². The number of guanidine groups is 1. The molecule has 0 saturated heterocycles. The summed E-state index contributed by atoms with van der Waals surface area (Å²) in [5.41, 5.74) is 2.06. The van der Waals surface area contributed by atoms with Crippen LogP contribution in [0.5, 0.6) is 0 Å². The number of amides is 1. The van der Waals surface area contributed by atoms with Crippen molar-refractivity contribution in [2.24, 2.45) is 4.99 Å². The molecule has 7 nitrogen and oxygen atoms in total. The molecule has 0 saturated carbocycles. The van der Waals surface area contributed by atoms with Gasteiger partial charge in [0.05, 0.1) is 12.9 Å². The molecule has 0 spiro atoms. The minimum atomic E-state index is 0. The van der Waals surface area contributed by atoms with E-state index in [1.807, 2.05) is 37.6 Å². The van der Waals surface area contributed by atoms with Crippen LogP contribution in [0.3, 0.4) is 0 Å². The number of hydrogen-bond acceptors (Lipinski definition) is 3. The number of imidazole rings is 1. The molecule has 8 heteroatoms. The third kappa shape index (κ3) is 6.23. The summed E-state index contributed by atoms with van der Waals surface area (Å²) in [5.74, 6) is 0.963. The Hall–Kier alpha value is -2.10. The third-order valence-corrected chi connectivity index (χ3v) is 4.37. The molecule has 3 rings (SSSR count). The van der Waals surface area contributed by atoms with Crippen molar-refractivity contribution in [2.45, 2.75) is 32.2 Å². The lowest BCUT2D eigenvalue weighted by molar-refractivity contribution is -0.116. The first-order chi connectivity index (χ1) is 12.8. The van der Waals surface area contributed by atoms with Crippen molar-refractivity contribution in [3.8, 4) is 0 Å². The van der Waals surface area contributed by atoms with Gasteiger partial charge in [-0.15, -0.1) is 24.0 Å². The van der Waals surface area contributed by atoms with Gasteiger partial charge in [-0.2, -0.15) is 0 Å². The fourth-order valence-corrected chi connectivity index (χ4v) is 3.10. The summed E-state index contributed by atoms with van der Waals surface area (Å²) in [6.07, 6.45) is 7.03. The van der Waals surface area contributed by atoms with Gasteiger partial charge in [-0.3, -0.25) is 9.79 Å². The van der Waals surface area contributed by atoms with Crippen LogP contribution < -0.4 is 16.0 Å². The fraction of sp³-hybridized carbons (Fsp3) is 0.421. The molecule has 1 atom stereocenters. The predicted octanol–water partition coefficient (Wildman–Crippen LogP) is 2.57. The van der Waals surface area contributed by atoms with Crippen molar-refractivity contribution < 1.29 is 4.79 Å². The monoisotopic (exact) mass is 482 g/mol. The Bertz CT molecular complexity index is 746. The number of para-hydroxylation sites is 1. The molecule has 27 heavy (non-hydrogen) atoms. The van der Waals surface area contributed by atoms with Gasteiger partial charge in [0.1, 0.15) is 0 Å². The molecule has 2 aromatic rings. The third-order valence-electron chi connectivity index (χ3n) is 4.37. The Kier molecular flexibility index (Phi) is 8.56. The van der Waals surface area contributed by atoms with E-state index in [4.69, 9.17) is 4.99 Å². The minimum Gasteiger partial charge on any atom is -0.357 e. The van der Waals surface area contributed by atoms with E-state index in [0.717, 1.165) is 43.3 Å². The van der Waals surface area contributed by atoms with Gasteiger partial charge in [-0.25, -0.2) is 4.98 Å². The van der Waals surface area contributed by atoms with Crippen LogP contribution in [0.2, 0.25) is 0 Å². The largest absolute Gasteiger partial charge is 0.357 e. The van der Waals surface area contributed by atoms with Crippen molar-refractivity contribution in [3.63, 3.8) is 0 Å². The van der Waals surface area contributed by atoms with Gasteiger partial charge in [-0.1, -0.05) is 18.2 Å². The zero-order chi connectivity index (χ0) is 18.2. The van der Waals surface area contributed by atoms with Gasteiger partial charge in [0.2, 0.25) is 5.91 Å². The second-order valence-corrected chi connectivity index (χ2v) is 6.34. The highest BCUT2D eigenvalue weighted by Gasteiger charge is 2.24. The Morgan fingerprint density at radius 1 is 1.37 bits per heavy atom. The number of nitrogens with one attached hydrogen (secondary N) is 3. The number of benzene rings is 1. The number of fused-ring (bicyclic) bond motifs is 1. The molecule has 1 unspecified atom stereocenters. The van der Waals surface area contributed by atoms with Crippen molar-refractivity contribution in [3.05, 3.63) is 48.5 Å². The van der Waals surface area contributed by atoms with Gasteiger partial charge in [0.15, 0.2) is 5.96 Å². The standard InChI is InChI=1S/C19H26N6O.HI/c1-2-21-19(22-8-5-10-25-11-9-20-14-25)23-13-15-12-18(26)24-17-7-4-3-6-16(15)17;/h3-4,6-7,9,11,14-15H,2,5,8,10,12-13H2,1H3,(H,24,26)(H2,21,22,23);1H. The van der Waals surface area contributed by atoms with Crippen LogP contribution in [0, 0.1) is 0 Å². The molecule has 0 aliphatic carbocycles. The van der Waals surface area contributed by atoms with Crippen LogP contribution in [0.4, 0.5) is 5.69 Å². The highest BCUT2D eigenvalue weighted by Crippen LogP contribution is 2.31. The van der Waals surface area contributed by atoms with Crippen molar-refractivity contribution in [1.82, 2.24) is 20.2 Å². The van der Waals surface area contributed by atoms with Gasteiger partial charge in [0, 0.05) is 50.1 Å². The molecule has 1 aromatic carbocycles. The average molecular weight is 482 g/mol. The lowest BCUT2D eigenvalue weighted by Gasteiger charge is -2.24. The van der Waals surface area contributed by atoms with Crippen LogP contribution >= 0.6 is 24.0 Å². The molecule has 146 valence electrons. The van der Waals surface area contributed by atoms with Crippen molar-refractivity contribution in [2.75, 3.05) is 25.0 Å². The van der Waals surface area contributed by atoms with E-state index in [0.29, 0.717) is 13.0 Å². The van der Waals surface area contributed by atoms with E-state index in [1.165, 1.54) is 0 Å². The molecule has 1 aliphatic rings. The van der Waals surface area contributed by atoms with E-state index in [-0.39, 0.29) is 35.8 Å². The minimum absolute atomic E-state index is 0. The maximum atomic E-state index is 11.9. The highest BCUT2D eigenvalue weighted by molar-refractivity contribution is 14.0. The number of rotatable bonds is 7. The van der Waals surface area contributed by atoms with E-state index in [1.54, 1.807) is 6.20 Å². The Morgan fingerprint density at radius 2 is 2.22 bits per heavy atom. The second kappa shape index (κ2) is 10.9. The Balaban J connectivity index is 0.00000261. The summed E-state index contributed by atoms with van der Waals surface area (Å²) in [7, 11) is 0. The summed E-state index contributed by atoms with van der Waals surface area (Å²) in [6, 6.07) is 7.96. The van der Waals surface area contributed by atoms with Crippen LogP contribution in [-0.2, 0) is 11.3 Å². The van der Waals surface area contributed by atoms with Crippen LogP contribution in [0.1, 0.15) is 31.2 Å². The first kappa shape index (κ1) is 21.2. The summed E-state index contributed by atoms with van der Waals surface area (Å²) in [4.78, 5) is 20.7. The predicted molar refractivity (Wildman–Crippen MR) is 119 cm³/mol. The normalized spacial score (nSPS) is 16.1. The number of halogens is 1. The molecule has 2 heterocycles. The van der Waals surface area contributed by atoms with Gasteiger partial charge < -0.3 is 20.5 Å². The number of aromatic nitrogens is 2. The Morgan fingerprint density at radius 3 is 3.00 bits per heavy atom. The van der Waals surface area contributed by atoms with Crippen LogP contribution in [0.25, 0.3) is 0 Å². The molecule has 1 amide bonds. The smallest absolute Gasteiger partial charge is 0.225 e. The SMILES string of the molecule is CCNC(=NCC1CC(=O)Nc2ccccc21)NCCCn1ccnc1.I. The van der Waals surface area contributed by atoms with Gasteiger partial charge >= 0.3 is 0 Å². The molecule has 1 aliphatic heterocycles. The fourth-order valence-electron chi connectivity index (χ4n) is 3.10. The summed E-state index contributed by atoms with van der Waals surface area (Å²) < 4.78 is 2.06. The zero-order valence-electron chi connectivity index (χ0n) is 15.5. The quantitative estimate of drug-likeness (QED) is 0.245. The number of carbonyl (C=O) groups excluding carboxylic acids is 1. The number of nitrogens with zero attached hydrogens (tertiary/aromatic N) is 3. The first-order valence-electron chi connectivity index (χ1n) is 9.13. The second-order valence-electron chi connectivity index (χ2n) is 6.34. The van der Waals surface area contributed by atoms with Gasteiger partial charge in [-0.05, 0) is 25.0 Å². The van der Waals surface area contributed by atoms with E-state index >= 15 is 0 Å². The topological polar surface area (TPSA) is 83.3 Å². The zero-order valence-corrected chi connectivity index (χ0v) is 17.8. The maximum absolute atomic E-state index is 11.9. The van der Waals surface area contributed by atoms with Gasteiger partial charge in [0.25, 0.3) is 0 Å². The van der Waals surface area contributed by atoms with E-state index < -0.39 is 0 Å². The number of aryl methyl sites for hydroxylation is 1. The summed E-state index contributed by atoms with van der Waals surface area (Å²) >= 11 is 0. The number of hydrogen-bond donors (Lipinski definition) is 3. The summed E-state index contributed by atoms with van der Waals surface area (Å²) in [6.45, 7) is 5.18. The molecule has 3 N–H and O–H groups in total. The highest BCUT2D eigenvalue weighted by atomic mass is 127. The van der Waals surface area contributed by atoms with E-state index in [2.05, 4.69) is 31.6 Å².